The van der Waals surface area contributed by atoms with E-state index < -0.39 is 5.54 Å². The molecule has 1 fully saturated rings. The maximum Gasteiger partial charge on any atom is 0.215 e. The molecule has 2 aromatic rings. The summed E-state index contributed by atoms with van der Waals surface area (Å²) in [6.45, 7) is 3.39. The van der Waals surface area contributed by atoms with E-state index in [2.05, 4.69) is 4.98 Å². The molecule has 0 unspecified atom stereocenters. The second-order valence-electron chi connectivity index (χ2n) is 4.76. The number of nitrogens with two attached hydrogens (primary N) is 1. The first-order valence-corrected chi connectivity index (χ1v) is 5.92. The highest BCUT2D eigenvalue weighted by Crippen LogP contribution is 2.31. The first-order chi connectivity index (χ1) is 8.17. The summed E-state index contributed by atoms with van der Waals surface area (Å²) in [6, 6.07) is 6.00. The fraction of sp³-hybridized carbons (Fsp3) is 0.462. The first-order valence-electron chi connectivity index (χ1n) is 5.92. The standard InChI is InChI=1S/C13H16N2O2/c1-9-2-3-10-11(8-9)17-12(15-10)13(14)4-6-16-7-5-13/h2-3,8H,4-7,14H2,1H3. The zero-order chi connectivity index (χ0) is 11.9. The fourth-order valence-corrected chi connectivity index (χ4v) is 2.19. The minimum Gasteiger partial charge on any atom is -0.439 e. The van der Waals surface area contributed by atoms with E-state index in [0.29, 0.717) is 19.1 Å². The predicted octanol–water partition coefficient (Wildman–Crippen LogP) is 2.10. The summed E-state index contributed by atoms with van der Waals surface area (Å²) >= 11 is 0. The molecule has 1 aromatic carbocycles. The van der Waals surface area contributed by atoms with E-state index in [1.54, 1.807) is 0 Å². The van der Waals surface area contributed by atoms with E-state index in [1.807, 2.05) is 25.1 Å². The van der Waals surface area contributed by atoms with E-state index in [1.165, 1.54) is 5.56 Å². The van der Waals surface area contributed by atoms with E-state index in [9.17, 15) is 0 Å². The van der Waals surface area contributed by atoms with Crippen LogP contribution in [0.25, 0.3) is 11.1 Å². The highest BCUT2D eigenvalue weighted by atomic mass is 16.5. The van der Waals surface area contributed by atoms with Gasteiger partial charge in [-0.15, -0.1) is 0 Å². The SMILES string of the molecule is Cc1ccc2nc(C3(N)CCOCC3)oc2c1. The lowest BCUT2D eigenvalue weighted by Crippen LogP contribution is -2.42. The minimum absolute atomic E-state index is 0.467. The molecule has 17 heavy (non-hydrogen) atoms. The molecule has 0 atom stereocenters. The van der Waals surface area contributed by atoms with Crippen molar-refractivity contribution in [1.29, 1.82) is 0 Å². The molecule has 0 aliphatic carbocycles. The van der Waals surface area contributed by atoms with Crippen molar-refractivity contribution in [2.75, 3.05) is 13.2 Å². The third-order valence-corrected chi connectivity index (χ3v) is 3.35. The summed E-state index contributed by atoms with van der Waals surface area (Å²) in [4.78, 5) is 4.50. The fourth-order valence-electron chi connectivity index (χ4n) is 2.19. The molecular formula is C13H16N2O2. The van der Waals surface area contributed by atoms with Crippen LogP contribution in [0.15, 0.2) is 22.6 Å². The van der Waals surface area contributed by atoms with E-state index in [-0.39, 0.29) is 0 Å². The molecule has 4 heteroatoms. The summed E-state index contributed by atoms with van der Waals surface area (Å²) in [7, 11) is 0. The van der Waals surface area contributed by atoms with E-state index >= 15 is 0 Å². The van der Waals surface area contributed by atoms with Crippen LogP contribution in [-0.4, -0.2) is 18.2 Å². The zero-order valence-electron chi connectivity index (χ0n) is 9.90. The molecule has 3 rings (SSSR count). The summed E-state index contributed by atoms with van der Waals surface area (Å²) < 4.78 is 11.1. The monoisotopic (exact) mass is 232 g/mol. The lowest BCUT2D eigenvalue weighted by molar-refractivity contribution is 0.0429. The lowest BCUT2D eigenvalue weighted by atomic mass is 9.91. The Kier molecular flexibility index (Phi) is 2.42. The highest BCUT2D eigenvalue weighted by Gasteiger charge is 2.35. The minimum atomic E-state index is -0.467. The maximum atomic E-state index is 6.35. The van der Waals surface area contributed by atoms with Gasteiger partial charge in [0.2, 0.25) is 5.89 Å². The normalized spacial score (nSPS) is 19.6. The van der Waals surface area contributed by atoms with Gasteiger partial charge in [0.15, 0.2) is 5.58 Å². The average molecular weight is 232 g/mol. The van der Waals surface area contributed by atoms with Crippen LogP contribution in [0.2, 0.25) is 0 Å². The second kappa shape index (κ2) is 3.82. The Morgan fingerprint density at radius 1 is 1.29 bits per heavy atom. The number of oxazole rings is 1. The van der Waals surface area contributed by atoms with Crippen molar-refractivity contribution >= 4 is 11.1 Å². The van der Waals surface area contributed by atoms with Crippen molar-refractivity contribution in [1.82, 2.24) is 4.98 Å². The van der Waals surface area contributed by atoms with Gasteiger partial charge in [0.05, 0.1) is 5.54 Å². The van der Waals surface area contributed by atoms with Crippen molar-refractivity contribution in [3.05, 3.63) is 29.7 Å². The van der Waals surface area contributed by atoms with Crippen molar-refractivity contribution in [3.63, 3.8) is 0 Å². The molecule has 2 N–H and O–H groups in total. The topological polar surface area (TPSA) is 61.3 Å². The number of fused-ring (bicyclic) bond motifs is 1. The number of hydrogen-bond donors (Lipinski definition) is 1. The number of rotatable bonds is 1. The average Bonchev–Trinajstić information content (AvgIpc) is 2.73. The molecule has 0 bridgehead atoms. The Labute approximate surface area is 99.8 Å². The summed E-state index contributed by atoms with van der Waals surface area (Å²) in [5.41, 5.74) is 8.74. The molecule has 1 aliphatic rings. The van der Waals surface area contributed by atoms with Crippen LogP contribution in [0.3, 0.4) is 0 Å². The Morgan fingerprint density at radius 2 is 2.06 bits per heavy atom. The Bertz CT molecular complexity index is 541. The van der Waals surface area contributed by atoms with E-state index in [0.717, 1.165) is 23.9 Å². The van der Waals surface area contributed by atoms with Crippen molar-refractivity contribution in [2.24, 2.45) is 5.73 Å². The highest BCUT2D eigenvalue weighted by molar-refractivity contribution is 5.73. The Balaban J connectivity index is 2.05. The number of benzene rings is 1. The summed E-state index contributed by atoms with van der Waals surface area (Å²) in [5, 5.41) is 0. The molecule has 0 amide bonds. The third-order valence-electron chi connectivity index (χ3n) is 3.35. The molecule has 0 radical (unpaired) electrons. The Morgan fingerprint density at radius 3 is 2.82 bits per heavy atom. The smallest absolute Gasteiger partial charge is 0.215 e. The van der Waals surface area contributed by atoms with Gasteiger partial charge in [0.25, 0.3) is 0 Å². The first kappa shape index (κ1) is 10.7. The zero-order valence-corrected chi connectivity index (χ0v) is 9.90. The second-order valence-corrected chi connectivity index (χ2v) is 4.76. The maximum absolute atomic E-state index is 6.35. The van der Waals surface area contributed by atoms with E-state index in [4.69, 9.17) is 14.9 Å². The van der Waals surface area contributed by atoms with Crippen LogP contribution in [-0.2, 0) is 10.3 Å². The van der Waals surface area contributed by atoms with Gasteiger partial charge in [-0.25, -0.2) is 4.98 Å². The Hall–Kier alpha value is -1.39. The van der Waals surface area contributed by atoms with Gasteiger partial charge < -0.3 is 14.9 Å². The van der Waals surface area contributed by atoms with Crippen LogP contribution in [0, 0.1) is 6.92 Å². The molecule has 4 nitrogen and oxygen atoms in total. The molecule has 1 saturated heterocycles. The van der Waals surface area contributed by atoms with Gasteiger partial charge in [-0.3, -0.25) is 0 Å². The lowest BCUT2D eigenvalue weighted by Gasteiger charge is -2.29. The van der Waals surface area contributed by atoms with Crippen LogP contribution in [0.1, 0.15) is 24.3 Å². The van der Waals surface area contributed by atoms with Crippen molar-refractivity contribution in [3.8, 4) is 0 Å². The summed E-state index contributed by atoms with van der Waals surface area (Å²) in [5.74, 6) is 0.640. The molecule has 1 aliphatic heterocycles. The van der Waals surface area contributed by atoms with Crippen molar-refractivity contribution < 1.29 is 9.15 Å². The molecule has 1 aromatic heterocycles. The molecular weight excluding hydrogens is 216 g/mol. The third kappa shape index (κ3) is 1.83. The van der Waals surface area contributed by atoms with Crippen LogP contribution < -0.4 is 5.73 Å². The largest absolute Gasteiger partial charge is 0.439 e. The number of aryl methyl sites for hydroxylation is 1. The van der Waals surface area contributed by atoms with Gasteiger partial charge in [-0.05, 0) is 37.5 Å². The van der Waals surface area contributed by atoms with Gasteiger partial charge in [0, 0.05) is 13.2 Å². The molecule has 2 heterocycles. The number of ether oxygens (including phenoxy) is 1. The van der Waals surface area contributed by atoms with Gasteiger partial charge in [-0.1, -0.05) is 6.07 Å². The quantitative estimate of drug-likeness (QED) is 0.818. The van der Waals surface area contributed by atoms with Gasteiger partial charge >= 0.3 is 0 Å². The molecule has 0 spiro atoms. The van der Waals surface area contributed by atoms with Crippen molar-refractivity contribution in [2.45, 2.75) is 25.3 Å². The number of nitrogens with zero attached hydrogens (tertiary/aromatic N) is 1. The number of hydrogen-bond acceptors (Lipinski definition) is 4. The van der Waals surface area contributed by atoms with Crippen LogP contribution in [0.4, 0.5) is 0 Å². The predicted molar refractivity (Wildman–Crippen MR) is 64.7 cm³/mol. The summed E-state index contributed by atoms with van der Waals surface area (Å²) in [6.07, 6.45) is 1.53. The van der Waals surface area contributed by atoms with Crippen LogP contribution in [0.5, 0.6) is 0 Å². The molecule has 90 valence electrons. The van der Waals surface area contributed by atoms with Gasteiger partial charge in [-0.2, -0.15) is 0 Å². The van der Waals surface area contributed by atoms with Gasteiger partial charge in [0.1, 0.15) is 5.52 Å². The molecule has 0 saturated carbocycles. The van der Waals surface area contributed by atoms with Crippen LogP contribution >= 0.6 is 0 Å². The number of aromatic nitrogens is 1.